The van der Waals surface area contributed by atoms with Crippen molar-refractivity contribution in [3.05, 3.63) is 0 Å². The van der Waals surface area contributed by atoms with Crippen molar-refractivity contribution >= 4 is 17.9 Å². The molecule has 1 saturated heterocycles. The average molecular weight is 284 g/mol. The second-order valence-corrected chi connectivity index (χ2v) is 5.18. The molecule has 3 amide bonds. The van der Waals surface area contributed by atoms with Gasteiger partial charge in [0.05, 0.1) is 6.54 Å². The minimum Gasteiger partial charge on any atom is -0.480 e. The van der Waals surface area contributed by atoms with Crippen LogP contribution in [0, 0.1) is 0 Å². The van der Waals surface area contributed by atoms with Crippen molar-refractivity contribution in [3.63, 3.8) is 0 Å². The summed E-state index contributed by atoms with van der Waals surface area (Å²) in [6.45, 7) is 2.64. The van der Waals surface area contributed by atoms with Gasteiger partial charge in [0, 0.05) is 26.2 Å². The molecule has 1 aliphatic carbocycles. The van der Waals surface area contributed by atoms with Gasteiger partial charge in [-0.25, -0.2) is 9.59 Å². The van der Waals surface area contributed by atoms with Gasteiger partial charge in [0.25, 0.3) is 0 Å². The maximum atomic E-state index is 11.8. The Morgan fingerprint density at radius 3 is 2.35 bits per heavy atom. The zero-order valence-corrected chi connectivity index (χ0v) is 11.3. The Hall–Kier alpha value is -1.83. The largest absolute Gasteiger partial charge is 0.480 e. The van der Waals surface area contributed by atoms with Gasteiger partial charge in [-0.1, -0.05) is 0 Å². The Morgan fingerprint density at radius 1 is 1.20 bits per heavy atom. The van der Waals surface area contributed by atoms with Gasteiger partial charge < -0.3 is 26.0 Å². The Bertz CT molecular complexity index is 402. The molecule has 0 aromatic rings. The lowest BCUT2D eigenvalue weighted by Gasteiger charge is -2.38. The second-order valence-electron chi connectivity index (χ2n) is 5.18. The van der Waals surface area contributed by atoms with Crippen LogP contribution in [0.5, 0.6) is 0 Å². The second kappa shape index (κ2) is 6.08. The number of rotatable bonds is 4. The molecule has 1 aliphatic heterocycles. The van der Waals surface area contributed by atoms with E-state index in [1.165, 1.54) is 0 Å². The molecule has 4 N–H and O–H groups in total. The molecule has 0 unspecified atom stereocenters. The Morgan fingerprint density at radius 2 is 1.85 bits per heavy atom. The maximum Gasteiger partial charge on any atom is 0.329 e. The molecule has 1 saturated carbocycles. The summed E-state index contributed by atoms with van der Waals surface area (Å²) in [5.74, 6) is -1.17. The van der Waals surface area contributed by atoms with Crippen molar-refractivity contribution in [1.29, 1.82) is 0 Å². The SMILES string of the molecule is O=C(NCC(=O)N1CCNCC1)NC1(C(=O)O)CCC1. The number of carbonyl (C=O) groups excluding carboxylic acids is 2. The summed E-state index contributed by atoms with van der Waals surface area (Å²) in [7, 11) is 0. The molecule has 2 rings (SSSR count). The van der Waals surface area contributed by atoms with Crippen molar-refractivity contribution in [2.24, 2.45) is 0 Å². The van der Waals surface area contributed by atoms with Crippen molar-refractivity contribution in [3.8, 4) is 0 Å². The summed E-state index contributed by atoms with van der Waals surface area (Å²) < 4.78 is 0. The van der Waals surface area contributed by atoms with Crippen LogP contribution in [-0.2, 0) is 9.59 Å². The van der Waals surface area contributed by atoms with Crippen LogP contribution in [-0.4, -0.2) is 66.2 Å². The normalized spacial score (nSPS) is 20.7. The van der Waals surface area contributed by atoms with Crippen molar-refractivity contribution < 1.29 is 19.5 Å². The van der Waals surface area contributed by atoms with Crippen molar-refractivity contribution in [2.75, 3.05) is 32.7 Å². The molecular formula is C12H20N4O4. The first-order valence-corrected chi connectivity index (χ1v) is 6.81. The summed E-state index contributed by atoms with van der Waals surface area (Å²) >= 11 is 0. The van der Waals surface area contributed by atoms with Crippen LogP contribution in [0.15, 0.2) is 0 Å². The van der Waals surface area contributed by atoms with Gasteiger partial charge in [-0.3, -0.25) is 4.79 Å². The predicted octanol–water partition coefficient (Wildman–Crippen LogP) is -1.28. The molecule has 0 atom stereocenters. The first-order valence-electron chi connectivity index (χ1n) is 6.81. The number of carboxylic acid groups (broad SMARTS) is 1. The summed E-state index contributed by atoms with van der Waals surface area (Å²) in [6.07, 6.45) is 1.65. The monoisotopic (exact) mass is 284 g/mol. The topological polar surface area (TPSA) is 111 Å². The first kappa shape index (κ1) is 14.6. The predicted molar refractivity (Wildman–Crippen MR) is 70.2 cm³/mol. The lowest BCUT2D eigenvalue weighted by Crippen LogP contribution is -2.61. The molecule has 8 nitrogen and oxygen atoms in total. The van der Waals surface area contributed by atoms with E-state index in [0.717, 1.165) is 19.5 Å². The van der Waals surface area contributed by atoms with Crippen LogP contribution < -0.4 is 16.0 Å². The summed E-state index contributed by atoms with van der Waals surface area (Å²) in [4.78, 5) is 36.3. The van der Waals surface area contributed by atoms with Crippen molar-refractivity contribution in [2.45, 2.75) is 24.8 Å². The fraction of sp³-hybridized carbons (Fsp3) is 0.750. The summed E-state index contributed by atoms with van der Waals surface area (Å²) in [6, 6.07) is -0.601. The zero-order chi connectivity index (χ0) is 14.6. The summed E-state index contributed by atoms with van der Waals surface area (Å²) in [5, 5.41) is 17.1. The number of nitrogens with one attached hydrogen (secondary N) is 3. The van der Waals surface area contributed by atoms with Crippen LogP contribution in [0.3, 0.4) is 0 Å². The molecule has 0 bridgehead atoms. The molecule has 1 heterocycles. The van der Waals surface area contributed by atoms with Crippen LogP contribution in [0.25, 0.3) is 0 Å². The Kier molecular flexibility index (Phi) is 4.43. The number of aliphatic carboxylic acids is 1. The van der Waals surface area contributed by atoms with Crippen molar-refractivity contribution in [1.82, 2.24) is 20.9 Å². The highest BCUT2D eigenvalue weighted by atomic mass is 16.4. The number of carbonyl (C=O) groups is 3. The highest BCUT2D eigenvalue weighted by Crippen LogP contribution is 2.31. The van der Waals surface area contributed by atoms with E-state index in [1.54, 1.807) is 4.90 Å². The van der Waals surface area contributed by atoms with Gasteiger partial charge in [0.15, 0.2) is 0 Å². The standard InChI is InChI=1S/C12H20N4O4/c17-9(16-6-4-13-5-7-16)8-14-11(20)15-12(10(18)19)2-1-3-12/h13H,1-8H2,(H,18,19)(H2,14,15,20). The fourth-order valence-corrected chi connectivity index (χ4v) is 2.37. The van der Waals surface area contributed by atoms with E-state index in [0.29, 0.717) is 25.9 Å². The van der Waals surface area contributed by atoms with Crippen LogP contribution in [0.2, 0.25) is 0 Å². The van der Waals surface area contributed by atoms with Gasteiger partial charge in [-0.05, 0) is 19.3 Å². The summed E-state index contributed by atoms with van der Waals surface area (Å²) in [5.41, 5.74) is -1.15. The number of piperazine rings is 1. The minimum atomic E-state index is -1.15. The molecule has 2 fully saturated rings. The van der Waals surface area contributed by atoms with E-state index in [-0.39, 0.29) is 12.5 Å². The Balaban J connectivity index is 1.74. The van der Waals surface area contributed by atoms with Crippen LogP contribution in [0.1, 0.15) is 19.3 Å². The smallest absolute Gasteiger partial charge is 0.329 e. The molecular weight excluding hydrogens is 264 g/mol. The molecule has 8 heteroatoms. The number of hydrogen-bond acceptors (Lipinski definition) is 4. The van der Waals surface area contributed by atoms with Crippen LogP contribution in [0.4, 0.5) is 4.79 Å². The number of amides is 3. The maximum absolute atomic E-state index is 11.8. The molecule has 20 heavy (non-hydrogen) atoms. The highest BCUT2D eigenvalue weighted by Gasteiger charge is 2.45. The highest BCUT2D eigenvalue weighted by molar-refractivity contribution is 5.89. The third kappa shape index (κ3) is 3.19. The molecule has 0 aromatic carbocycles. The van der Waals surface area contributed by atoms with E-state index < -0.39 is 17.5 Å². The molecule has 2 aliphatic rings. The lowest BCUT2D eigenvalue weighted by molar-refractivity contribution is -0.148. The molecule has 0 spiro atoms. The quantitative estimate of drug-likeness (QED) is 0.514. The fourth-order valence-electron chi connectivity index (χ4n) is 2.37. The number of hydrogen-bond donors (Lipinski definition) is 4. The minimum absolute atomic E-state index is 0.110. The van der Waals surface area contributed by atoms with Gasteiger partial charge in [0.1, 0.15) is 5.54 Å². The van der Waals surface area contributed by atoms with E-state index in [1.807, 2.05) is 0 Å². The molecule has 112 valence electrons. The molecule has 0 radical (unpaired) electrons. The zero-order valence-electron chi connectivity index (χ0n) is 11.3. The van der Waals surface area contributed by atoms with E-state index >= 15 is 0 Å². The number of urea groups is 1. The third-order valence-electron chi connectivity index (χ3n) is 3.84. The van der Waals surface area contributed by atoms with Crippen LogP contribution >= 0.6 is 0 Å². The third-order valence-corrected chi connectivity index (χ3v) is 3.84. The number of carboxylic acids is 1. The van der Waals surface area contributed by atoms with Gasteiger partial charge >= 0.3 is 12.0 Å². The number of nitrogens with zero attached hydrogens (tertiary/aromatic N) is 1. The molecule has 0 aromatic heterocycles. The van der Waals surface area contributed by atoms with Gasteiger partial charge in [0.2, 0.25) is 5.91 Å². The first-order chi connectivity index (χ1) is 9.53. The average Bonchev–Trinajstić information content (AvgIpc) is 2.40. The van der Waals surface area contributed by atoms with Gasteiger partial charge in [-0.15, -0.1) is 0 Å². The van der Waals surface area contributed by atoms with Gasteiger partial charge in [-0.2, -0.15) is 0 Å². The van der Waals surface area contributed by atoms with E-state index in [2.05, 4.69) is 16.0 Å². The Labute approximate surface area is 116 Å². The lowest BCUT2D eigenvalue weighted by atomic mass is 9.77. The van der Waals surface area contributed by atoms with E-state index in [4.69, 9.17) is 5.11 Å². The van der Waals surface area contributed by atoms with E-state index in [9.17, 15) is 14.4 Å².